The zero-order valence-corrected chi connectivity index (χ0v) is 9.79. The predicted molar refractivity (Wildman–Crippen MR) is 59.9 cm³/mol. The fraction of sp³-hybridized carbons (Fsp3) is 0.500. The van der Waals surface area contributed by atoms with Crippen LogP contribution in [0.25, 0.3) is 0 Å². The average Bonchev–Trinajstić information content (AvgIpc) is 2.67. The molecule has 2 rings (SSSR count). The molecule has 1 atom stereocenters. The molecule has 3 nitrogen and oxygen atoms in total. The fourth-order valence-corrected chi connectivity index (χ4v) is 2.10. The van der Waals surface area contributed by atoms with Crippen LogP contribution in [0.5, 0.6) is 0 Å². The van der Waals surface area contributed by atoms with E-state index in [4.69, 9.17) is 0 Å². The summed E-state index contributed by atoms with van der Waals surface area (Å²) in [5.74, 6) is 0.628. The van der Waals surface area contributed by atoms with Gasteiger partial charge in [0.1, 0.15) is 4.60 Å². The third-order valence-corrected chi connectivity index (χ3v) is 3.20. The molecule has 0 radical (unpaired) electrons. The summed E-state index contributed by atoms with van der Waals surface area (Å²) in [5, 5.41) is 2.24. The Morgan fingerprint density at radius 1 is 1.57 bits per heavy atom. The smallest absolute Gasteiger partial charge is 0.106 e. The van der Waals surface area contributed by atoms with Crippen molar-refractivity contribution < 1.29 is 0 Å². The Morgan fingerprint density at radius 2 is 2.43 bits per heavy atom. The molecule has 1 N–H and O–H groups in total. The molecule has 1 aromatic heterocycles. The molecule has 1 aliphatic rings. The van der Waals surface area contributed by atoms with Crippen molar-refractivity contribution in [3.8, 4) is 0 Å². The van der Waals surface area contributed by atoms with Crippen LogP contribution in [0.3, 0.4) is 0 Å². The summed E-state index contributed by atoms with van der Waals surface area (Å²) in [6.45, 7) is 2.21. The zero-order valence-electron chi connectivity index (χ0n) is 8.20. The molecular weight excluding hydrogens is 242 g/mol. The van der Waals surface area contributed by atoms with Gasteiger partial charge in [-0.1, -0.05) is 6.07 Å². The SMILES string of the molecule is CNN1CC[C@H](c2ccc(Br)nc2)C1. The second-order valence-corrected chi connectivity index (χ2v) is 4.38. The van der Waals surface area contributed by atoms with Crippen molar-refractivity contribution in [1.29, 1.82) is 0 Å². The molecule has 1 aromatic rings. The number of rotatable bonds is 2. The number of halogens is 1. The number of hydrogen-bond donors (Lipinski definition) is 1. The Labute approximate surface area is 92.6 Å². The number of nitrogens with zero attached hydrogens (tertiary/aromatic N) is 2. The fourth-order valence-electron chi connectivity index (χ4n) is 1.86. The van der Waals surface area contributed by atoms with Crippen LogP contribution in [0.4, 0.5) is 0 Å². The van der Waals surface area contributed by atoms with E-state index < -0.39 is 0 Å². The van der Waals surface area contributed by atoms with Crippen LogP contribution in [-0.2, 0) is 0 Å². The number of aromatic nitrogens is 1. The van der Waals surface area contributed by atoms with Crippen LogP contribution in [0.2, 0.25) is 0 Å². The van der Waals surface area contributed by atoms with Crippen LogP contribution in [0.1, 0.15) is 17.9 Å². The number of hydrogen-bond acceptors (Lipinski definition) is 3. The van der Waals surface area contributed by atoms with Gasteiger partial charge in [0.2, 0.25) is 0 Å². The molecule has 76 valence electrons. The van der Waals surface area contributed by atoms with Gasteiger partial charge in [-0.2, -0.15) is 0 Å². The Bertz CT molecular complexity index is 299. The van der Waals surface area contributed by atoms with Gasteiger partial charge in [0.25, 0.3) is 0 Å². The lowest BCUT2D eigenvalue weighted by Gasteiger charge is -2.13. The maximum atomic E-state index is 4.25. The van der Waals surface area contributed by atoms with Crippen molar-refractivity contribution in [3.63, 3.8) is 0 Å². The van der Waals surface area contributed by atoms with Crippen LogP contribution in [-0.4, -0.2) is 30.1 Å². The Hall–Kier alpha value is -0.450. The first-order chi connectivity index (χ1) is 6.79. The number of hydrazine groups is 1. The Morgan fingerprint density at radius 3 is 3.00 bits per heavy atom. The monoisotopic (exact) mass is 255 g/mol. The van der Waals surface area contributed by atoms with E-state index in [0.29, 0.717) is 5.92 Å². The van der Waals surface area contributed by atoms with E-state index in [0.717, 1.165) is 17.7 Å². The highest BCUT2D eigenvalue weighted by molar-refractivity contribution is 9.10. The first-order valence-corrected chi connectivity index (χ1v) is 5.62. The van der Waals surface area contributed by atoms with Gasteiger partial charge in [-0.05, 0) is 41.0 Å². The molecule has 0 unspecified atom stereocenters. The molecule has 0 bridgehead atoms. The van der Waals surface area contributed by atoms with E-state index in [2.05, 4.69) is 37.4 Å². The van der Waals surface area contributed by atoms with E-state index in [1.54, 1.807) is 0 Å². The van der Waals surface area contributed by atoms with Gasteiger partial charge in [-0.15, -0.1) is 0 Å². The lowest BCUT2D eigenvalue weighted by molar-refractivity contribution is 0.258. The highest BCUT2D eigenvalue weighted by Crippen LogP contribution is 2.25. The van der Waals surface area contributed by atoms with Crippen LogP contribution in [0.15, 0.2) is 22.9 Å². The van der Waals surface area contributed by atoms with Gasteiger partial charge >= 0.3 is 0 Å². The van der Waals surface area contributed by atoms with Crippen molar-refractivity contribution in [2.45, 2.75) is 12.3 Å². The minimum atomic E-state index is 0.628. The second kappa shape index (κ2) is 4.38. The Kier molecular flexibility index (Phi) is 3.15. The van der Waals surface area contributed by atoms with E-state index in [1.165, 1.54) is 12.0 Å². The lowest BCUT2D eigenvalue weighted by atomic mass is 10.0. The summed E-state index contributed by atoms with van der Waals surface area (Å²) in [7, 11) is 1.97. The summed E-state index contributed by atoms with van der Waals surface area (Å²) < 4.78 is 0.907. The molecule has 1 aliphatic heterocycles. The number of nitrogens with one attached hydrogen (secondary N) is 1. The molecule has 0 amide bonds. The van der Waals surface area contributed by atoms with Gasteiger partial charge in [-0.3, -0.25) is 5.43 Å². The summed E-state index contributed by atoms with van der Waals surface area (Å²) in [6.07, 6.45) is 3.18. The van der Waals surface area contributed by atoms with Gasteiger partial charge in [0, 0.05) is 25.2 Å². The third-order valence-electron chi connectivity index (χ3n) is 2.73. The van der Waals surface area contributed by atoms with Gasteiger partial charge < -0.3 is 0 Å². The maximum Gasteiger partial charge on any atom is 0.106 e. The van der Waals surface area contributed by atoms with E-state index in [9.17, 15) is 0 Å². The van der Waals surface area contributed by atoms with Crippen molar-refractivity contribution in [2.24, 2.45) is 0 Å². The Balaban J connectivity index is 2.06. The van der Waals surface area contributed by atoms with Crippen LogP contribution >= 0.6 is 15.9 Å². The minimum absolute atomic E-state index is 0.628. The van der Waals surface area contributed by atoms with Crippen molar-refractivity contribution in [2.75, 3.05) is 20.1 Å². The van der Waals surface area contributed by atoms with Gasteiger partial charge in [0.05, 0.1) is 0 Å². The molecular formula is C10H14BrN3. The first kappa shape index (κ1) is 10.1. The van der Waals surface area contributed by atoms with E-state index in [1.807, 2.05) is 19.3 Å². The van der Waals surface area contributed by atoms with Crippen LogP contribution < -0.4 is 5.43 Å². The second-order valence-electron chi connectivity index (χ2n) is 3.57. The summed E-state index contributed by atoms with van der Waals surface area (Å²) in [6, 6.07) is 4.16. The molecule has 14 heavy (non-hydrogen) atoms. The average molecular weight is 256 g/mol. The summed E-state index contributed by atoms with van der Waals surface area (Å²) in [5.41, 5.74) is 4.52. The summed E-state index contributed by atoms with van der Waals surface area (Å²) in [4.78, 5) is 4.25. The molecule has 0 saturated carbocycles. The molecule has 0 aliphatic carbocycles. The van der Waals surface area contributed by atoms with Crippen molar-refractivity contribution in [1.82, 2.24) is 15.4 Å². The van der Waals surface area contributed by atoms with Gasteiger partial charge in [-0.25, -0.2) is 9.99 Å². The first-order valence-electron chi connectivity index (χ1n) is 4.83. The highest BCUT2D eigenvalue weighted by Gasteiger charge is 2.22. The molecule has 1 saturated heterocycles. The van der Waals surface area contributed by atoms with Crippen molar-refractivity contribution >= 4 is 15.9 Å². The molecule has 0 spiro atoms. The largest absolute Gasteiger partial charge is 0.258 e. The molecule has 2 heterocycles. The third kappa shape index (κ3) is 2.13. The molecule has 0 aromatic carbocycles. The lowest BCUT2D eigenvalue weighted by Crippen LogP contribution is -2.32. The standard InChI is InChI=1S/C10H14BrN3/c1-12-14-5-4-9(7-14)8-2-3-10(11)13-6-8/h2-3,6,9,12H,4-5,7H2,1H3/t9-/m0/s1. The van der Waals surface area contributed by atoms with E-state index in [-0.39, 0.29) is 0 Å². The van der Waals surface area contributed by atoms with E-state index >= 15 is 0 Å². The zero-order chi connectivity index (χ0) is 9.97. The van der Waals surface area contributed by atoms with Crippen molar-refractivity contribution in [3.05, 3.63) is 28.5 Å². The molecule has 1 fully saturated rings. The van der Waals surface area contributed by atoms with Crippen LogP contribution in [0, 0.1) is 0 Å². The van der Waals surface area contributed by atoms with Gasteiger partial charge in [0.15, 0.2) is 0 Å². The maximum absolute atomic E-state index is 4.25. The quantitative estimate of drug-likeness (QED) is 0.817. The highest BCUT2D eigenvalue weighted by atomic mass is 79.9. The summed E-state index contributed by atoms with van der Waals surface area (Å²) >= 11 is 3.35. The molecule has 4 heteroatoms. The topological polar surface area (TPSA) is 28.2 Å². The minimum Gasteiger partial charge on any atom is -0.258 e. The predicted octanol–water partition coefficient (Wildman–Crippen LogP) is 1.77. The normalized spacial score (nSPS) is 22.9. The number of pyridine rings is 1.